The average Bonchev–Trinajstić information content (AvgIpc) is 3.43. The lowest BCUT2D eigenvalue weighted by molar-refractivity contribution is 0.0745. The summed E-state index contributed by atoms with van der Waals surface area (Å²) in [5.41, 5.74) is 6.29. The molecule has 1 aliphatic heterocycles. The van der Waals surface area contributed by atoms with Crippen LogP contribution in [0.1, 0.15) is 48.1 Å². The van der Waals surface area contributed by atoms with Crippen molar-refractivity contribution in [1.82, 2.24) is 14.9 Å². The van der Waals surface area contributed by atoms with Crippen LogP contribution in [0.15, 0.2) is 58.4 Å². The number of methoxy groups -OCH3 is 1. The minimum atomic E-state index is 0.00510. The predicted molar refractivity (Wildman–Crippen MR) is 132 cm³/mol. The summed E-state index contributed by atoms with van der Waals surface area (Å²) < 4.78 is 5.18. The van der Waals surface area contributed by atoms with Crippen molar-refractivity contribution in [3.8, 4) is 16.3 Å². The molecule has 3 heterocycles. The van der Waals surface area contributed by atoms with Gasteiger partial charge in [-0.05, 0) is 50.7 Å². The Hall–Kier alpha value is -3.06. The third kappa shape index (κ3) is 4.69. The fourth-order valence-electron chi connectivity index (χ4n) is 4.26. The monoisotopic (exact) mass is 460 g/mol. The second-order valence-electron chi connectivity index (χ2n) is 8.88. The van der Waals surface area contributed by atoms with Crippen LogP contribution < -0.4 is 4.74 Å². The maximum atomic E-state index is 13.7. The van der Waals surface area contributed by atoms with Gasteiger partial charge in [-0.2, -0.15) is 0 Å². The van der Waals surface area contributed by atoms with E-state index in [0.717, 1.165) is 40.5 Å². The SMILES string of the molecule is COc1ccc(-c2sc(C)nc2C(=O)N(CCC2=CN=C3CC=C(C)C=C23)CC2CC2)cn1. The second-order valence-corrected chi connectivity index (χ2v) is 10.1. The minimum absolute atomic E-state index is 0.00510. The topological polar surface area (TPSA) is 67.7 Å². The predicted octanol–water partition coefficient (Wildman–Crippen LogP) is 5.38. The molecule has 1 fully saturated rings. The van der Waals surface area contributed by atoms with E-state index >= 15 is 0 Å². The molecule has 1 saturated carbocycles. The van der Waals surface area contributed by atoms with Crippen molar-refractivity contribution in [3.63, 3.8) is 0 Å². The van der Waals surface area contributed by atoms with Gasteiger partial charge >= 0.3 is 0 Å². The lowest BCUT2D eigenvalue weighted by Crippen LogP contribution is -2.34. The molecule has 0 atom stereocenters. The molecule has 33 heavy (non-hydrogen) atoms. The molecule has 5 rings (SSSR count). The molecule has 2 aromatic heterocycles. The van der Waals surface area contributed by atoms with Crippen molar-refractivity contribution in [1.29, 1.82) is 0 Å². The van der Waals surface area contributed by atoms with Crippen molar-refractivity contribution in [2.24, 2.45) is 10.9 Å². The molecule has 3 aliphatic rings. The number of amides is 1. The molecule has 170 valence electrons. The summed E-state index contributed by atoms with van der Waals surface area (Å²) >= 11 is 1.54. The number of rotatable bonds is 8. The Morgan fingerprint density at radius 1 is 1.27 bits per heavy atom. The fourth-order valence-corrected chi connectivity index (χ4v) is 5.16. The normalized spacial score (nSPS) is 17.1. The van der Waals surface area contributed by atoms with Crippen LogP contribution in [0.2, 0.25) is 0 Å². The van der Waals surface area contributed by atoms with Crippen LogP contribution in [0.25, 0.3) is 10.4 Å². The van der Waals surface area contributed by atoms with Crippen LogP contribution in [-0.4, -0.2) is 46.7 Å². The van der Waals surface area contributed by atoms with E-state index in [9.17, 15) is 4.79 Å². The van der Waals surface area contributed by atoms with E-state index in [-0.39, 0.29) is 5.91 Å². The number of carbonyl (C=O) groups is 1. The third-order valence-corrected chi connectivity index (χ3v) is 7.30. The number of ether oxygens (including phenoxy) is 1. The number of aryl methyl sites for hydroxylation is 1. The molecule has 0 N–H and O–H groups in total. The van der Waals surface area contributed by atoms with Gasteiger partial charge in [0.25, 0.3) is 5.91 Å². The zero-order valence-corrected chi connectivity index (χ0v) is 20.1. The minimum Gasteiger partial charge on any atom is -0.481 e. The summed E-state index contributed by atoms with van der Waals surface area (Å²) in [5.74, 6) is 1.16. The van der Waals surface area contributed by atoms with Crippen molar-refractivity contribution < 1.29 is 9.53 Å². The first-order valence-corrected chi connectivity index (χ1v) is 12.3. The van der Waals surface area contributed by atoms with E-state index < -0.39 is 0 Å². The lowest BCUT2D eigenvalue weighted by atomic mass is 9.93. The third-order valence-electron chi connectivity index (χ3n) is 6.28. The number of fused-ring (bicyclic) bond motifs is 1. The van der Waals surface area contributed by atoms with Gasteiger partial charge in [0.05, 0.1) is 22.7 Å². The van der Waals surface area contributed by atoms with Crippen LogP contribution in [-0.2, 0) is 0 Å². The second kappa shape index (κ2) is 9.06. The van der Waals surface area contributed by atoms with Gasteiger partial charge in [-0.25, -0.2) is 9.97 Å². The Kier molecular flexibility index (Phi) is 5.98. The Morgan fingerprint density at radius 2 is 2.12 bits per heavy atom. The molecule has 7 heteroatoms. The van der Waals surface area contributed by atoms with Crippen molar-refractivity contribution >= 4 is 23.0 Å². The van der Waals surface area contributed by atoms with Crippen LogP contribution in [0.5, 0.6) is 5.88 Å². The molecule has 6 nitrogen and oxygen atoms in total. The average molecular weight is 461 g/mol. The fraction of sp³-hybridized carbons (Fsp3) is 0.385. The molecule has 0 bridgehead atoms. The summed E-state index contributed by atoms with van der Waals surface area (Å²) in [6, 6.07) is 3.76. The lowest BCUT2D eigenvalue weighted by Gasteiger charge is -2.23. The van der Waals surface area contributed by atoms with Gasteiger partial charge < -0.3 is 9.64 Å². The van der Waals surface area contributed by atoms with Crippen LogP contribution >= 0.6 is 11.3 Å². The van der Waals surface area contributed by atoms with E-state index in [0.29, 0.717) is 24.0 Å². The van der Waals surface area contributed by atoms with Crippen molar-refractivity contribution in [3.05, 3.63) is 64.1 Å². The molecule has 0 aromatic carbocycles. The first-order chi connectivity index (χ1) is 16.0. The Balaban J connectivity index is 1.36. The van der Waals surface area contributed by atoms with Gasteiger partial charge in [0, 0.05) is 49.1 Å². The highest BCUT2D eigenvalue weighted by atomic mass is 32.1. The maximum absolute atomic E-state index is 13.7. The quantitative estimate of drug-likeness (QED) is 0.530. The Bertz CT molecular complexity index is 1200. The number of aromatic nitrogens is 2. The van der Waals surface area contributed by atoms with Crippen molar-refractivity contribution in [2.45, 2.75) is 39.5 Å². The Labute approximate surface area is 198 Å². The van der Waals surface area contributed by atoms with E-state index in [2.05, 4.69) is 34.0 Å². The summed E-state index contributed by atoms with van der Waals surface area (Å²) in [6.45, 7) is 5.53. The molecular formula is C26H28N4O2S. The Morgan fingerprint density at radius 3 is 2.85 bits per heavy atom. The van der Waals surface area contributed by atoms with E-state index in [1.807, 2.05) is 30.2 Å². The molecular weight excluding hydrogens is 432 g/mol. The van der Waals surface area contributed by atoms with E-state index in [1.165, 1.54) is 40.9 Å². The number of carbonyl (C=O) groups excluding carboxylic acids is 1. The summed E-state index contributed by atoms with van der Waals surface area (Å²) in [5, 5.41) is 0.877. The smallest absolute Gasteiger partial charge is 0.274 e. The van der Waals surface area contributed by atoms with E-state index in [1.54, 1.807) is 13.3 Å². The molecule has 0 saturated heterocycles. The van der Waals surface area contributed by atoms with Gasteiger partial charge in [-0.3, -0.25) is 9.79 Å². The largest absolute Gasteiger partial charge is 0.481 e. The number of pyridine rings is 1. The van der Waals surface area contributed by atoms with E-state index in [4.69, 9.17) is 4.74 Å². The molecule has 0 spiro atoms. The number of hydrogen-bond donors (Lipinski definition) is 0. The first kappa shape index (κ1) is 21.8. The number of nitrogens with zero attached hydrogens (tertiary/aromatic N) is 4. The summed E-state index contributed by atoms with van der Waals surface area (Å²) in [6.07, 6.45) is 12.2. The van der Waals surface area contributed by atoms with Gasteiger partial charge in [-0.15, -0.1) is 11.3 Å². The van der Waals surface area contributed by atoms with Crippen LogP contribution in [0.4, 0.5) is 0 Å². The van der Waals surface area contributed by atoms with Crippen LogP contribution in [0, 0.1) is 12.8 Å². The number of hydrogen-bond acceptors (Lipinski definition) is 6. The standard InChI is InChI=1S/C26H28N4O2S/c1-16-4-8-22-21(12-16)19(13-27-22)10-11-30(15-18-5-6-18)26(31)24-25(33-17(2)29-24)20-7-9-23(32-3)28-14-20/h4,7,9,12-14,18H,5-6,8,10-11,15H2,1-3H3. The zero-order chi connectivity index (χ0) is 22.9. The van der Waals surface area contributed by atoms with Crippen molar-refractivity contribution in [2.75, 3.05) is 20.2 Å². The van der Waals surface area contributed by atoms with Gasteiger partial charge in [-0.1, -0.05) is 17.7 Å². The summed E-state index contributed by atoms with van der Waals surface area (Å²) in [7, 11) is 1.60. The molecule has 2 aromatic rings. The summed E-state index contributed by atoms with van der Waals surface area (Å²) in [4.78, 5) is 30.2. The van der Waals surface area contributed by atoms with Gasteiger partial charge in [0.2, 0.25) is 5.88 Å². The van der Waals surface area contributed by atoms with Crippen LogP contribution in [0.3, 0.4) is 0 Å². The van der Waals surface area contributed by atoms with Gasteiger partial charge in [0.1, 0.15) is 5.69 Å². The number of allylic oxidation sites excluding steroid dienone is 4. The number of thiazole rings is 1. The van der Waals surface area contributed by atoms with Gasteiger partial charge in [0.15, 0.2) is 0 Å². The zero-order valence-electron chi connectivity index (χ0n) is 19.3. The molecule has 2 aliphatic carbocycles. The molecule has 1 amide bonds. The molecule has 0 unspecified atom stereocenters. The number of aliphatic imine (C=N–C) groups is 1. The highest BCUT2D eigenvalue weighted by Gasteiger charge is 2.31. The first-order valence-electron chi connectivity index (χ1n) is 11.4. The maximum Gasteiger partial charge on any atom is 0.274 e. The molecule has 0 radical (unpaired) electrons. The highest BCUT2D eigenvalue weighted by molar-refractivity contribution is 7.15. The highest BCUT2D eigenvalue weighted by Crippen LogP contribution is 2.35.